The Bertz CT molecular complexity index is 935. The molecule has 26 heavy (non-hydrogen) atoms. The quantitative estimate of drug-likeness (QED) is 0.722. The normalized spacial score (nSPS) is 17.5. The summed E-state index contributed by atoms with van der Waals surface area (Å²) in [6.07, 6.45) is 3.34. The first-order chi connectivity index (χ1) is 12.6. The van der Waals surface area contributed by atoms with E-state index in [0.717, 1.165) is 12.8 Å². The minimum atomic E-state index is -0.354. The average Bonchev–Trinajstić information content (AvgIpc) is 3.30. The molecule has 1 aliphatic heterocycles. The molecule has 7 nitrogen and oxygen atoms in total. The van der Waals surface area contributed by atoms with Crippen LogP contribution in [0.5, 0.6) is 0 Å². The second kappa shape index (κ2) is 6.70. The van der Waals surface area contributed by atoms with Crippen molar-refractivity contribution >= 4 is 5.91 Å². The topological polar surface area (TPSA) is 77.0 Å². The van der Waals surface area contributed by atoms with Gasteiger partial charge in [-0.3, -0.25) is 9.48 Å². The van der Waals surface area contributed by atoms with Crippen LogP contribution >= 0.6 is 0 Å². The molecule has 1 atom stereocenters. The number of benzene rings is 1. The Labute approximate surface area is 149 Å². The third-order valence-electron chi connectivity index (χ3n) is 4.63. The van der Waals surface area contributed by atoms with Crippen LogP contribution in [0.4, 0.5) is 4.39 Å². The molecule has 0 aliphatic carbocycles. The van der Waals surface area contributed by atoms with Crippen molar-refractivity contribution in [2.45, 2.75) is 18.8 Å². The molecule has 3 aromatic rings. The van der Waals surface area contributed by atoms with Crippen LogP contribution in [0.25, 0.3) is 11.5 Å². The van der Waals surface area contributed by atoms with Gasteiger partial charge in [0.1, 0.15) is 11.5 Å². The van der Waals surface area contributed by atoms with Crippen molar-refractivity contribution in [3.8, 4) is 11.5 Å². The van der Waals surface area contributed by atoms with Gasteiger partial charge in [0.05, 0.1) is 0 Å². The van der Waals surface area contributed by atoms with E-state index in [0.29, 0.717) is 30.2 Å². The number of likely N-dealkylation sites (tertiary alicyclic amines) is 1. The molecular formula is C18H18FN5O2. The molecule has 1 saturated heterocycles. The zero-order valence-corrected chi connectivity index (χ0v) is 14.3. The van der Waals surface area contributed by atoms with E-state index in [4.69, 9.17) is 4.52 Å². The van der Waals surface area contributed by atoms with E-state index >= 15 is 0 Å². The Morgan fingerprint density at radius 3 is 3.00 bits per heavy atom. The van der Waals surface area contributed by atoms with Gasteiger partial charge in [-0.05, 0) is 37.1 Å². The van der Waals surface area contributed by atoms with Crippen molar-refractivity contribution in [1.29, 1.82) is 0 Å². The largest absolute Gasteiger partial charge is 0.337 e. The van der Waals surface area contributed by atoms with Crippen molar-refractivity contribution in [2.75, 3.05) is 13.1 Å². The summed E-state index contributed by atoms with van der Waals surface area (Å²) in [6.45, 7) is 1.21. The number of aromatic nitrogens is 4. The van der Waals surface area contributed by atoms with Crippen LogP contribution in [0.3, 0.4) is 0 Å². The zero-order valence-electron chi connectivity index (χ0n) is 14.3. The molecule has 0 spiro atoms. The van der Waals surface area contributed by atoms with Gasteiger partial charge in [-0.25, -0.2) is 4.39 Å². The molecule has 1 amide bonds. The van der Waals surface area contributed by atoms with Crippen LogP contribution in [-0.4, -0.2) is 43.8 Å². The highest BCUT2D eigenvalue weighted by Crippen LogP contribution is 2.28. The van der Waals surface area contributed by atoms with E-state index in [9.17, 15) is 9.18 Å². The highest BCUT2D eigenvalue weighted by Gasteiger charge is 2.29. The predicted octanol–water partition coefficient (Wildman–Crippen LogP) is 2.63. The summed E-state index contributed by atoms with van der Waals surface area (Å²) in [6, 6.07) is 7.76. The second-order valence-corrected chi connectivity index (χ2v) is 6.40. The first-order valence-corrected chi connectivity index (χ1v) is 8.48. The summed E-state index contributed by atoms with van der Waals surface area (Å²) in [5, 5.41) is 8.11. The third kappa shape index (κ3) is 3.10. The van der Waals surface area contributed by atoms with Crippen molar-refractivity contribution in [2.24, 2.45) is 7.05 Å². The molecule has 1 aromatic carbocycles. The smallest absolute Gasteiger partial charge is 0.272 e. The van der Waals surface area contributed by atoms with Gasteiger partial charge in [-0.2, -0.15) is 10.1 Å². The maximum atomic E-state index is 13.4. The second-order valence-electron chi connectivity index (χ2n) is 6.40. The lowest BCUT2D eigenvalue weighted by atomic mass is 9.97. The molecule has 8 heteroatoms. The fraction of sp³-hybridized carbons (Fsp3) is 0.333. The fourth-order valence-corrected chi connectivity index (χ4v) is 3.26. The van der Waals surface area contributed by atoms with E-state index in [-0.39, 0.29) is 23.5 Å². The van der Waals surface area contributed by atoms with Gasteiger partial charge < -0.3 is 9.42 Å². The van der Waals surface area contributed by atoms with Gasteiger partial charge >= 0.3 is 0 Å². The summed E-state index contributed by atoms with van der Waals surface area (Å²) in [4.78, 5) is 18.9. The number of amides is 1. The Kier molecular flexibility index (Phi) is 4.24. The van der Waals surface area contributed by atoms with Crippen LogP contribution in [0.1, 0.15) is 35.1 Å². The molecule has 0 radical (unpaired) electrons. The maximum absolute atomic E-state index is 13.4. The lowest BCUT2D eigenvalue weighted by molar-refractivity contribution is 0.0692. The number of hydrogen-bond donors (Lipinski definition) is 0. The number of rotatable bonds is 3. The summed E-state index contributed by atoms with van der Waals surface area (Å²) >= 11 is 0. The Morgan fingerprint density at radius 1 is 1.35 bits per heavy atom. The number of nitrogens with zero attached hydrogens (tertiary/aromatic N) is 5. The first kappa shape index (κ1) is 16.4. The Morgan fingerprint density at radius 2 is 2.23 bits per heavy atom. The minimum Gasteiger partial charge on any atom is -0.337 e. The van der Waals surface area contributed by atoms with E-state index < -0.39 is 0 Å². The zero-order chi connectivity index (χ0) is 18.1. The van der Waals surface area contributed by atoms with Crippen LogP contribution < -0.4 is 0 Å². The molecule has 0 saturated carbocycles. The molecule has 3 heterocycles. The number of hydrogen-bond acceptors (Lipinski definition) is 5. The van der Waals surface area contributed by atoms with Crippen LogP contribution in [-0.2, 0) is 7.05 Å². The number of carbonyl (C=O) groups excluding carboxylic acids is 1. The summed E-state index contributed by atoms with van der Waals surface area (Å²) in [5.74, 6) is 0.421. The Balaban J connectivity index is 1.52. The third-order valence-corrected chi connectivity index (χ3v) is 4.63. The number of halogens is 1. The standard InChI is InChI=1S/C18H18FN5O2/c1-23-15(7-8-20-23)18(25)24-9-3-5-13(11-24)16-21-17(26-22-16)12-4-2-6-14(19)10-12/h2,4,6-8,10,13H,3,5,9,11H2,1H3/t13-/m1/s1. The minimum absolute atomic E-state index is 0.00742. The van der Waals surface area contributed by atoms with Crippen molar-refractivity contribution in [3.05, 3.63) is 53.9 Å². The van der Waals surface area contributed by atoms with Gasteiger partial charge in [0.2, 0.25) is 0 Å². The SMILES string of the molecule is Cn1nccc1C(=O)N1CCC[C@@H](c2noc(-c3cccc(F)c3)n2)C1. The number of carbonyl (C=O) groups is 1. The van der Waals surface area contributed by atoms with Crippen LogP contribution in [0, 0.1) is 5.82 Å². The van der Waals surface area contributed by atoms with E-state index in [1.807, 2.05) is 0 Å². The maximum Gasteiger partial charge on any atom is 0.272 e. The summed E-state index contributed by atoms with van der Waals surface area (Å²) < 4.78 is 20.3. The lowest BCUT2D eigenvalue weighted by Crippen LogP contribution is -2.40. The Hall–Kier alpha value is -3.03. The van der Waals surface area contributed by atoms with E-state index in [1.54, 1.807) is 41.0 Å². The molecule has 0 unspecified atom stereocenters. The van der Waals surface area contributed by atoms with Gasteiger partial charge in [-0.15, -0.1) is 0 Å². The van der Waals surface area contributed by atoms with Crippen molar-refractivity contribution in [3.63, 3.8) is 0 Å². The molecule has 134 valence electrons. The van der Waals surface area contributed by atoms with E-state index in [2.05, 4.69) is 15.2 Å². The molecule has 0 N–H and O–H groups in total. The van der Waals surface area contributed by atoms with Gasteiger partial charge in [-0.1, -0.05) is 11.2 Å². The van der Waals surface area contributed by atoms with Gasteiger partial charge in [0.15, 0.2) is 5.82 Å². The lowest BCUT2D eigenvalue weighted by Gasteiger charge is -2.31. The van der Waals surface area contributed by atoms with Crippen LogP contribution in [0.15, 0.2) is 41.1 Å². The molecule has 4 rings (SSSR count). The van der Waals surface area contributed by atoms with Crippen molar-refractivity contribution < 1.29 is 13.7 Å². The molecule has 1 aliphatic rings. The average molecular weight is 355 g/mol. The van der Waals surface area contributed by atoms with Crippen molar-refractivity contribution in [1.82, 2.24) is 24.8 Å². The van der Waals surface area contributed by atoms with Crippen LogP contribution in [0.2, 0.25) is 0 Å². The molecule has 0 bridgehead atoms. The summed E-state index contributed by atoms with van der Waals surface area (Å²) in [5.41, 5.74) is 1.10. The molecule has 2 aromatic heterocycles. The summed E-state index contributed by atoms with van der Waals surface area (Å²) in [7, 11) is 1.75. The molecular weight excluding hydrogens is 337 g/mol. The predicted molar refractivity (Wildman–Crippen MR) is 90.8 cm³/mol. The monoisotopic (exact) mass is 355 g/mol. The first-order valence-electron chi connectivity index (χ1n) is 8.48. The highest BCUT2D eigenvalue weighted by atomic mass is 19.1. The van der Waals surface area contributed by atoms with E-state index in [1.165, 1.54) is 12.1 Å². The fourth-order valence-electron chi connectivity index (χ4n) is 3.26. The van der Waals surface area contributed by atoms with Gasteiger partial charge in [0, 0.05) is 37.8 Å². The number of piperidine rings is 1. The van der Waals surface area contributed by atoms with Gasteiger partial charge in [0.25, 0.3) is 11.8 Å². The number of aryl methyl sites for hydroxylation is 1. The highest BCUT2D eigenvalue weighted by molar-refractivity contribution is 5.92. The molecule has 1 fully saturated rings.